The van der Waals surface area contributed by atoms with E-state index < -0.39 is 28.8 Å². The quantitative estimate of drug-likeness (QED) is 0.794. The number of rotatable bonds is 2. The predicted molar refractivity (Wildman–Crippen MR) is 93.6 cm³/mol. The van der Waals surface area contributed by atoms with Gasteiger partial charge in [-0.2, -0.15) is 0 Å². The summed E-state index contributed by atoms with van der Waals surface area (Å²) in [7, 11) is 1.28. The first-order valence-corrected chi connectivity index (χ1v) is 8.13. The van der Waals surface area contributed by atoms with Crippen LogP contribution in [0.5, 0.6) is 11.5 Å². The number of hydrogen-bond donors (Lipinski definition) is 2. The predicted octanol–water partition coefficient (Wildman–Crippen LogP) is 1.85. The van der Waals surface area contributed by atoms with Crippen LogP contribution in [0.15, 0.2) is 41.3 Å². The number of esters is 1. The molecule has 0 aliphatic carbocycles. The number of hydrogen-bond acceptors (Lipinski definition) is 6. The van der Waals surface area contributed by atoms with Crippen molar-refractivity contribution in [3.63, 3.8) is 0 Å². The van der Waals surface area contributed by atoms with Crippen LogP contribution in [0.25, 0.3) is 0 Å². The van der Waals surface area contributed by atoms with Crippen LogP contribution in [0.4, 0.5) is 0 Å². The maximum atomic E-state index is 12.5. The monoisotopic (exact) mass is 359 g/mol. The van der Waals surface area contributed by atoms with Crippen LogP contribution in [-0.4, -0.2) is 39.1 Å². The molecule has 2 aromatic rings. The molecule has 2 atom stereocenters. The van der Waals surface area contributed by atoms with Crippen molar-refractivity contribution in [2.24, 2.45) is 0 Å². The average Bonchev–Trinajstić information content (AvgIpc) is 2.56. The minimum Gasteiger partial charge on any atom is -0.508 e. The molecule has 0 spiro atoms. The van der Waals surface area contributed by atoms with Gasteiger partial charge >= 0.3 is 5.97 Å². The molecular formula is C19H21NO6. The Labute approximate surface area is 150 Å². The van der Waals surface area contributed by atoms with Gasteiger partial charge in [0.25, 0.3) is 5.56 Å². The summed E-state index contributed by atoms with van der Waals surface area (Å²) >= 11 is 0. The Bertz CT molecular complexity index is 928. The fourth-order valence-corrected chi connectivity index (χ4v) is 3.22. The number of nitrogens with zero attached hydrogens (tertiary/aromatic N) is 1. The second-order valence-electron chi connectivity index (χ2n) is 7.04. The van der Waals surface area contributed by atoms with Crippen molar-refractivity contribution in [1.29, 1.82) is 0 Å². The molecule has 7 nitrogen and oxygen atoms in total. The summed E-state index contributed by atoms with van der Waals surface area (Å²) in [6, 6.07) is 6.34. The highest BCUT2D eigenvalue weighted by Gasteiger charge is 2.53. The number of aromatic hydroxyl groups is 1. The SMILES string of the molecule is COC(=O)c1ccc2c(c1)C(n1ccc(O)cc1=O)C(C)(O)C(C)(C)O2. The second-order valence-corrected chi connectivity index (χ2v) is 7.04. The molecule has 2 unspecified atom stereocenters. The number of aliphatic hydroxyl groups is 1. The van der Waals surface area contributed by atoms with E-state index in [-0.39, 0.29) is 11.3 Å². The van der Waals surface area contributed by atoms with Crippen molar-refractivity contribution in [1.82, 2.24) is 4.57 Å². The number of fused-ring (bicyclic) bond motifs is 1. The summed E-state index contributed by atoms with van der Waals surface area (Å²) in [6.45, 7) is 5.02. The van der Waals surface area contributed by atoms with Gasteiger partial charge in [-0.05, 0) is 45.0 Å². The van der Waals surface area contributed by atoms with Crippen molar-refractivity contribution in [2.75, 3.05) is 7.11 Å². The van der Waals surface area contributed by atoms with E-state index in [0.29, 0.717) is 11.3 Å². The molecule has 138 valence electrons. The summed E-state index contributed by atoms with van der Waals surface area (Å²) in [5.41, 5.74) is -2.24. The van der Waals surface area contributed by atoms with Crippen LogP contribution < -0.4 is 10.3 Å². The van der Waals surface area contributed by atoms with E-state index >= 15 is 0 Å². The lowest BCUT2D eigenvalue weighted by Crippen LogP contribution is -2.60. The summed E-state index contributed by atoms with van der Waals surface area (Å²) in [6.07, 6.45) is 1.41. The normalized spacial score (nSPS) is 23.7. The Kier molecular flexibility index (Phi) is 4.07. The molecule has 1 aromatic heterocycles. The van der Waals surface area contributed by atoms with Crippen LogP contribution in [0, 0.1) is 0 Å². The van der Waals surface area contributed by atoms with Gasteiger partial charge in [0, 0.05) is 17.8 Å². The van der Waals surface area contributed by atoms with Crippen molar-refractivity contribution >= 4 is 5.97 Å². The van der Waals surface area contributed by atoms with Crippen LogP contribution in [0.2, 0.25) is 0 Å². The van der Waals surface area contributed by atoms with Gasteiger partial charge in [-0.3, -0.25) is 4.79 Å². The number of pyridine rings is 1. The Morgan fingerprint density at radius 3 is 2.54 bits per heavy atom. The summed E-state index contributed by atoms with van der Waals surface area (Å²) in [5, 5.41) is 20.8. The lowest BCUT2D eigenvalue weighted by atomic mass is 9.75. The highest BCUT2D eigenvalue weighted by molar-refractivity contribution is 5.89. The topological polar surface area (TPSA) is 98.0 Å². The molecular weight excluding hydrogens is 338 g/mol. The maximum absolute atomic E-state index is 12.5. The Morgan fingerprint density at radius 2 is 1.92 bits per heavy atom. The van der Waals surface area contributed by atoms with Gasteiger partial charge < -0.3 is 24.3 Å². The van der Waals surface area contributed by atoms with E-state index in [4.69, 9.17) is 9.47 Å². The standard InChI is InChI=1S/C19H21NO6/c1-18(2)19(3,24)16(20-8-7-12(21)10-15(20)22)13-9-11(17(23)25-4)5-6-14(13)26-18/h5-10,16,21,24H,1-4H3. The molecule has 26 heavy (non-hydrogen) atoms. The Morgan fingerprint density at radius 1 is 1.23 bits per heavy atom. The molecule has 1 aliphatic heterocycles. The number of carbonyl (C=O) groups is 1. The third-order valence-corrected chi connectivity index (χ3v) is 5.05. The molecule has 1 aromatic carbocycles. The molecule has 7 heteroatoms. The van der Waals surface area contributed by atoms with Gasteiger partial charge in [-0.25, -0.2) is 4.79 Å². The highest BCUT2D eigenvalue weighted by Crippen LogP contribution is 2.48. The van der Waals surface area contributed by atoms with E-state index in [1.54, 1.807) is 39.0 Å². The van der Waals surface area contributed by atoms with Crippen LogP contribution in [-0.2, 0) is 4.74 Å². The van der Waals surface area contributed by atoms with E-state index in [2.05, 4.69) is 0 Å². The highest BCUT2D eigenvalue weighted by atomic mass is 16.5. The third kappa shape index (κ3) is 2.64. The number of benzene rings is 1. The van der Waals surface area contributed by atoms with Gasteiger partial charge in [-0.15, -0.1) is 0 Å². The summed E-state index contributed by atoms with van der Waals surface area (Å²) in [4.78, 5) is 24.4. The molecule has 0 saturated carbocycles. The molecule has 0 radical (unpaired) electrons. The fourth-order valence-electron chi connectivity index (χ4n) is 3.22. The van der Waals surface area contributed by atoms with E-state index in [9.17, 15) is 19.8 Å². The zero-order valence-corrected chi connectivity index (χ0v) is 15.0. The van der Waals surface area contributed by atoms with E-state index in [1.807, 2.05) is 0 Å². The average molecular weight is 359 g/mol. The molecule has 1 aliphatic rings. The summed E-state index contributed by atoms with van der Waals surface area (Å²) in [5.74, 6) is -0.242. The lowest BCUT2D eigenvalue weighted by molar-refractivity contribution is -0.139. The van der Waals surface area contributed by atoms with Crippen LogP contribution in [0.1, 0.15) is 42.7 Å². The minimum atomic E-state index is -1.49. The molecule has 0 bridgehead atoms. The molecule has 0 fully saturated rings. The first-order chi connectivity index (χ1) is 12.1. The van der Waals surface area contributed by atoms with Gasteiger partial charge in [0.15, 0.2) is 0 Å². The van der Waals surface area contributed by atoms with Gasteiger partial charge in [0.2, 0.25) is 0 Å². The zero-order valence-electron chi connectivity index (χ0n) is 15.0. The first kappa shape index (κ1) is 18.0. The van der Waals surface area contributed by atoms with E-state index in [1.165, 1.54) is 23.9 Å². The number of ether oxygens (including phenoxy) is 2. The fraction of sp³-hybridized carbons (Fsp3) is 0.368. The molecule has 2 N–H and O–H groups in total. The largest absolute Gasteiger partial charge is 0.508 e. The minimum absolute atomic E-state index is 0.166. The van der Waals surface area contributed by atoms with Crippen molar-refractivity contribution < 1.29 is 24.5 Å². The first-order valence-electron chi connectivity index (χ1n) is 8.13. The third-order valence-electron chi connectivity index (χ3n) is 5.05. The van der Waals surface area contributed by atoms with Crippen LogP contribution in [0.3, 0.4) is 0 Å². The molecule has 0 saturated heterocycles. The van der Waals surface area contributed by atoms with Crippen molar-refractivity contribution in [3.05, 3.63) is 58.0 Å². The number of aromatic nitrogens is 1. The van der Waals surface area contributed by atoms with Gasteiger partial charge in [0.05, 0.1) is 18.7 Å². The Balaban J connectivity index is 2.29. The maximum Gasteiger partial charge on any atom is 0.337 e. The van der Waals surface area contributed by atoms with Crippen molar-refractivity contribution in [2.45, 2.75) is 38.0 Å². The van der Waals surface area contributed by atoms with Gasteiger partial charge in [0.1, 0.15) is 22.7 Å². The number of methoxy groups -OCH3 is 1. The number of carbonyl (C=O) groups excluding carboxylic acids is 1. The molecule has 0 amide bonds. The van der Waals surface area contributed by atoms with E-state index in [0.717, 1.165) is 6.07 Å². The molecule has 3 rings (SSSR count). The van der Waals surface area contributed by atoms with Gasteiger partial charge in [-0.1, -0.05) is 0 Å². The lowest BCUT2D eigenvalue weighted by Gasteiger charge is -2.49. The second kappa shape index (κ2) is 5.88. The summed E-state index contributed by atoms with van der Waals surface area (Å²) < 4.78 is 12.0. The van der Waals surface area contributed by atoms with Crippen LogP contribution >= 0.6 is 0 Å². The molecule has 2 heterocycles. The smallest absolute Gasteiger partial charge is 0.337 e. The van der Waals surface area contributed by atoms with Crippen molar-refractivity contribution in [3.8, 4) is 11.5 Å². The zero-order chi connectivity index (χ0) is 19.3. The Hall–Kier alpha value is -2.80.